The van der Waals surface area contributed by atoms with Crippen molar-refractivity contribution in [3.63, 3.8) is 0 Å². The van der Waals surface area contributed by atoms with Gasteiger partial charge in [-0.25, -0.2) is 9.97 Å². The van der Waals surface area contributed by atoms with Gasteiger partial charge in [-0.15, -0.1) is 0 Å². The van der Waals surface area contributed by atoms with Crippen LogP contribution in [-0.2, 0) is 6.42 Å². The topological polar surface area (TPSA) is 76.6 Å². The molecule has 3 rings (SSSR count). The molecule has 2 heterocycles. The Morgan fingerprint density at radius 3 is 2.82 bits per heavy atom. The summed E-state index contributed by atoms with van der Waals surface area (Å²) in [6.07, 6.45) is 4.71. The summed E-state index contributed by atoms with van der Waals surface area (Å²) >= 11 is 0. The number of hydrogen-bond donors (Lipinski definition) is 1. The average Bonchev–Trinajstić information content (AvgIpc) is 2.73. The van der Waals surface area contributed by atoms with Gasteiger partial charge in [0.15, 0.2) is 11.5 Å². The van der Waals surface area contributed by atoms with Crippen molar-refractivity contribution in [1.29, 1.82) is 0 Å². The standard InChI is InChI=1S/C21H28N4O3/c1-15-5-4-12-25(14-15)21-23-11-9-17(24-21)20(26)22-10-8-16-6-7-18(27-2)19(13-16)28-3/h6-7,9,11,13,15H,4-5,8,10,12,14H2,1-3H3,(H,22,26). The zero-order valence-electron chi connectivity index (χ0n) is 16.8. The van der Waals surface area contributed by atoms with Gasteiger partial charge in [-0.3, -0.25) is 4.79 Å². The van der Waals surface area contributed by atoms with Crippen LogP contribution < -0.4 is 19.7 Å². The Balaban J connectivity index is 1.57. The first kappa shape index (κ1) is 19.9. The Hall–Kier alpha value is -2.83. The third-order valence-electron chi connectivity index (χ3n) is 4.96. The van der Waals surface area contributed by atoms with Crippen LogP contribution >= 0.6 is 0 Å². The molecule has 1 unspecified atom stereocenters. The summed E-state index contributed by atoms with van der Waals surface area (Å²) in [7, 11) is 3.22. The fourth-order valence-electron chi connectivity index (χ4n) is 3.45. The van der Waals surface area contributed by atoms with Crippen molar-refractivity contribution in [3.05, 3.63) is 41.7 Å². The molecule has 150 valence electrons. The van der Waals surface area contributed by atoms with Crippen LogP contribution in [0.4, 0.5) is 5.95 Å². The van der Waals surface area contributed by atoms with E-state index < -0.39 is 0 Å². The molecule has 1 fully saturated rings. The molecule has 28 heavy (non-hydrogen) atoms. The van der Waals surface area contributed by atoms with E-state index in [0.29, 0.717) is 42.0 Å². The van der Waals surface area contributed by atoms with E-state index >= 15 is 0 Å². The van der Waals surface area contributed by atoms with Gasteiger partial charge in [0.2, 0.25) is 5.95 Å². The lowest BCUT2D eigenvalue weighted by molar-refractivity contribution is 0.0949. The van der Waals surface area contributed by atoms with Crippen LogP contribution in [0.1, 0.15) is 35.8 Å². The number of ether oxygens (including phenoxy) is 2. The third-order valence-corrected chi connectivity index (χ3v) is 4.96. The molecule has 7 nitrogen and oxygen atoms in total. The first-order valence-corrected chi connectivity index (χ1v) is 9.67. The van der Waals surface area contributed by atoms with Crippen molar-refractivity contribution in [1.82, 2.24) is 15.3 Å². The predicted molar refractivity (Wildman–Crippen MR) is 108 cm³/mol. The molecule has 2 aromatic rings. The Morgan fingerprint density at radius 2 is 2.07 bits per heavy atom. The normalized spacial score (nSPS) is 16.5. The second-order valence-corrected chi connectivity index (χ2v) is 7.13. The van der Waals surface area contributed by atoms with E-state index in [9.17, 15) is 4.79 Å². The van der Waals surface area contributed by atoms with E-state index in [1.165, 1.54) is 6.42 Å². The number of amides is 1. The van der Waals surface area contributed by atoms with Crippen LogP contribution in [0.15, 0.2) is 30.5 Å². The molecule has 1 N–H and O–H groups in total. The number of anilines is 1. The number of carbonyl (C=O) groups is 1. The Kier molecular flexibility index (Phi) is 6.68. The average molecular weight is 384 g/mol. The van der Waals surface area contributed by atoms with Gasteiger partial charge in [0.05, 0.1) is 14.2 Å². The highest BCUT2D eigenvalue weighted by Gasteiger charge is 2.19. The molecule has 0 radical (unpaired) electrons. The first-order valence-electron chi connectivity index (χ1n) is 9.67. The second kappa shape index (κ2) is 9.39. The van der Waals surface area contributed by atoms with Crippen LogP contribution in [0.5, 0.6) is 11.5 Å². The minimum Gasteiger partial charge on any atom is -0.493 e. The highest BCUT2D eigenvalue weighted by atomic mass is 16.5. The number of hydrogen-bond acceptors (Lipinski definition) is 6. The van der Waals surface area contributed by atoms with Crippen LogP contribution in [0.25, 0.3) is 0 Å². The number of aromatic nitrogens is 2. The van der Waals surface area contributed by atoms with Gasteiger partial charge in [-0.1, -0.05) is 13.0 Å². The summed E-state index contributed by atoms with van der Waals surface area (Å²) in [6.45, 7) is 4.62. The van der Waals surface area contributed by atoms with Gasteiger partial charge in [0, 0.05) is 25.8 Å². The summed E-state index contributed by atoms with van der Waals surface area (Å²) in [6, 6.07) is 7.41. The molecule has 0 saturated carbocycles. The highest BCUT2D eigenvalue weighted by molar-refractivity contribution is 5.92. The lowest BCUT2D eigenvalue weighted by Gasteiger charge is -2.30. The van der Waals surface area contributed by atoms with Gasteiger partial charge in [0.25, 0.3) is 5.91 Å². The monoisotopic (exact) mass is 384 g/mol. The summed E-state index contributed by atoms with van der Waals surface area (Å²) in [4.78, 5) is 23.5. The molecule has 1 aromatic heterocycles. The minimum absolute atomic E-state index is 0.186. The van der Waals surface area contributed by atoms with Crippen molar-refractivity contribution >= 4 is 11.9 Å². The zero-order chi connectivity index (χ0) is 19.9. The molecule has 1 amide bonds. The predicted octanol–water partition coefficient (Wildman–Crippen LogP) is 2.70. The van der Waals surface area contributed by atoms with E-state index in [1.54, 1.807) is 26.5 Å². The number of nitrogens with zero attached hydrogens (tertiary/aromatic N) is 3. The molecule has 7 heteroatoms. The van der Waals surface area contributed by atoms with Crippen LogP contribution in [0.3, 0.4) is 0 Å². The lowest BCUT2D eigenvalue weighted by atomic mass is 10.0. The molecule has 1 atom stereocenters. The number of rotatable bonds is 7. The van der Waals surface area contributed by atoms with Crippen molar-refractivity contribution in [3.8, 4) is 11.5 Å². The summed E-state index contributed by atoms with van der Waals surface area (Å²) in [5.74, 6) is 2.45. The maximum Gasteiger partial charge on any atom is 0.270 e. The Labute approximate surface area is 166 Å². The molecule has 1 aromatic carbocycles. The summed E-state index contributed by atoms with van der Waals surface area (Å²) < 4.78 is 10.6. The second-order valence-electron chi connectivity index (χ2n) is 7.13. The molecule has 0 aliphatic carbocycles. The third kappa shape index (κ3) is 4.91. The van der Waals surface area contributed by atoms with Crippen LogP contribution in [0, 0.1) is 5.92 Å². The first-order chi connectivity index (χ1) is 13.6. The molecule has 0 bridgehead atoms. The van der Waals surface area contributed by atoms with Crippen molar-refractivity contribution in [2.24, 2.45) is 5.92 Å². The van der Waals surface area contributed by atoms with Crippen LogP contribution in [-0.4, -0.2) is 49.7 Å². The van der Waals surface area contributed by atoms with Crippen LogP contribution in [0.2, 0.25) is 0 Å². The molecule has 1 aliphatic rings. The smallest absolute Gasteiger partial charge is 0.270 e. The van der Waals surface area contributed by atoms with E-state index in [0.717, 1.165) is 25.1 Å². The number of nitrogens with one attached hydrogen (secondary N) is 1. The maximum absolute atomic E-state index is 12.5. The quantitative estimate of drug-likeness (QED) is 0.791. The van der Waals surface area contributed by atoms with Gasteiger partial charge in [-0.05, 0) is 48.9 Å². The molecule has 0 spiro atoms. The van der Waals surface area contributed by atoms with Crippen molar-refractivity contribution < 1.29 is 14.3 Å². The van der Waals surface area contributed by atoms with E-state index in [4.69, 9.17) is 9.47 Å². The van der Waals surface area contributed by atoms with Gasteiger partial charge < -0.3 is 19.7 Å². The van der Waals surface area contributed by atoms with Gasteiger partial charge in [0.1, 0.15) is 5.69 Å². The van der Waals surface area contributed by atoms with Gasteiger partial charge >= 0.3 is 0 Å². The summed E-state index contributed by atoms with van der Waals surface area (Å²) in [5, 5.41) is 2.93. The van der Waals surface area contributed by atoms with Gasteiger partial charge in [-0.2, -0.15) is 0 Å². The zero-order valence-corrected chi connectivity index (χ0v) is 16.8. The Morgan fingerprint density at radius 1 is 1.25 bits per heavy atom. The number of methoxy groups -OCH3 is 2. The lowest BCUT2D eigenvalue weighted by Crippen LogP contribution is -2.36. The number of carbonyl (C=O) groups excluding carboxylic acids is 1. The molecule has 1 aliphatic heterocycles. The summed E-state index contributed by atoms with van der Waals surface area (Å²) in [5.41, 5.74) is 1.46. The minimum atomic E-state index is -0.186. The maximum atomic E-state index is 12.5. The SMILES string of the molecule is COc1ccc(CCNC(=O)c2ccnc(N3CCCC(C)C3)n2)cc1OC. The van der Waals surface area contributed by atoms with E-state index in [1.807, 2.05) is 18.2 Å². The molecular weight excluding hydrogens is 356 g/mol. The fraction of sp³-hybridized carbons (Fsp3) is 0.476. The largest absolute Gasteiger partial charge is 0.493 e. The molecule has 1 saturated heterocycles. The van der Waals surface area contributed by atoms with E-state index in [-0.39, 0.29) is 5.91 Å². The fourth-order valence-corrected chi connectivity index (χ4v) is 3.45. The van der Waals surface area contributed by atoms with Crippen molar-refractivity contribution in [2.45, 2.75) is 26.2 Å². The highest BCUT2D eigenvalue weighted by Crippen LogP contribution is 2.27. The van der Waals surface area contributed by atoms with E-state index in [2.05, 4.69) is 27.1 Å². The molecular formula is C21H28N4O3. The Bertz CT molecular complexity index is 812. The number of piperidine rings is 1. The van der Waals surface area contributed by atoms with Crippen molar-refractivity contribution in [2.75, 3.05) is 38.8 Å². The number of benzene rings is 1.